The molecule has 0 aliphatic rings. The molecule has 0 aliphatic heterocycles. The number of benzene rings is 1. The molecule has 0 aromatic heterocycles. The average Bonchev–Trinajstić information content (AvgIpc) is 2.80. The van der Waals surface area contributed by atoms with Crippen molar-refractivity contribution in [3.05, 3.63) is 35.9 Å². The molecule has 4 unspecified atom stereocenters. The Kier molecular flexibility index (Phi) is 12.2. The predicted molar refractivity (Wildman–Crippen MR) is 126 cm³/mol. The zero-order valence-electron chi connectivity index (χ0n) is 19.7. The first kappa shape index (κ1) is 30.5. The van der Waals surface area contributed by atoms with Crippen molar-refractivity contribution in [2.24, 2.45) is 17.2 Å². The van der Waals surface area contributed by atoms with E-state index in [2.05, 4.69) is 16.0 Å². The Hall–Kier alpha value is -4.53. The lowest BCUT2D eigenvalue weighted by molar-refractivity contribution is -0.143. The van der Waals surface area contributed by atoms with Gasteiger partial charge in [0.2, 0.25) is 29.5 Å². The lowest BCUT2D eigenvalue weighted by Crippen LogP contribution is -2.58. The molecule has 0 saturated carbocycles. The van der Waals surface area contributed by atoms with Gasteiger partial charge in [-0.1, -0.05) is 30.3 Å². The average molecular weight is 523 g/mol. The normalized spacial score (nSPS) is 13.8. The van der Waals surface area contributed by atoms with Crippen LogP contribution in [0.4, 0.5) is 0 Å². The molecule has 5 amide bonds. The molecule has 202 valence electrons. The third-order valence-electron chi connectivity index (χ3n) is 4.98. The van der Waals surface area contributed by atoms with E-state index in [1.165, 1.54) is 0 Å². The van der Waals surface area contributed by atoms with Gasteiger partial charge in [0.1, 0.15) is 18.1 Å². The molecule has 15 heteroatoms. The van der Waals surface area contributed by atoms with Crippen molar-refractivity contribution in [1.29, 1.82) is 0 Å². The molecule has 15 nitrogen and oxygen atoms in total. The standard InChI is InChI=1S/C22H30N6O9/c23-12(8-11-4-2-1-3-5-11)19(33)27-15(10-18(31)32)21(35)28-14(9-17(25)30)20(34)26-13(22(36)37)6-7-16(24)29/h1-5,12-15H,6-10,23H2,(H2,24,29)(H2,25,30)(H,26,34)(H,27,33)(H,28,35)(H,31,32)(H,36,37). The summed E-state index contributed by atoms with van der Waals surface area (Å²) in [5, 5.41) is 24.8. The predicted octanol–water partition coefficient (Wildman–Crippen LogP) is -3.29. The van der Waals surface area contributed by atoms with Gasteiger partial charge in [-0.05, 0) is 18.4 Å². The minimum absolute atomic E-state index is 0.0860. The fraction of sp³-hybridized carbons (Fsp3) is 0.409. The number of hydrogen-bond acceptors (Lipinski definition) is 8. The van der Waals surface area contributed by atoms with Gasteiger partial charge in [-0.15, -0.1) is 0 Å². The Balaban J connectivity index is 2.97. The molecule has 1 rings (SSSR count). The maximum absolute atomic E-state index is 12.8. The Bertz CT molecular complexity index is 1020. The molecule has 0 bridgehead atoms. The van der Waals surface area contributed by atoms with Gasteiger partial charge in [0, 0.05) is 6.42 Å². The quantitative estimate of drug-likeness (QED) is 0.107. The summed E-state index contributed by atoms with van der Waals surface area (Å²) in [5.41, 5.74) is 16.7. The second-order valence-corrected chi connectivity index (χ2v) is 8.09. The SMILES string of the molecule is NC(=O)CCC(NC(=O)C(CC(N)=O)NC(=O)C(CC(=O)O)NC(=O)C(N)Cc1ccccc1)C(=O)O. The van der Waals surface area contributed by atoms with Gasteiger partial charge in [0.05, 0.1) is 18.9 Å². The molecule has 0 saturated heterocycles. The lowest BCUT2D eigenvalue weighted by Gasteiger charge is -2.24. The molecule has 0 aliphatic carbocycles. The van der Waals surface area contributed by atoms with Gasteiger partial charge in [-0.3, -0.25) is 28.8 Å². The zero-order valence-corrected chi connectivity index (χ0v) is 19.7. The summed E-state index contributed by atoms with van der Waals surface area (Å²) in [6.45, 7) is 0. The van der Waals surface area contributed by atoms with Gasteiger partial charge >= 0.3 is 11.9 Å². The molecule has 1 aromatic carbocycles. The smallest absolute Gasteiger partial charge is 0.326 e. The van der Waals surface area contributed by atoms with E-state index >= 15 is 0 Å². The van der Waals surface area contributed by atoms with Crippen molar-refractivity contribution < 1.29 is 43.8 Å². The van der Waals surface area contributed by atoms with Crippen molar-refractivity contribution in [1.82, 2.24) is 16.0 Å². The molecule has 0 spiro atoms. The van der Waals surface area contributed by atoms with Crippen LogP contribution in [0.5, 0.6) is 0 Å². The molecule has 0 fully saturated rings. The van der Waals surface area contributed by atoms with E-state index in [9.17, 15) is 43.8 Å². The number of amides is 5. The summed E-state index contributed by atoms with van der Waals surface area (Å²) in [4.78, 5) is 83.0. The third kappa shape index (κ3) is 11.6. The third-order valence-corrected chi connectivity index (χ3v) is 4.98. The molecular weight excluding hydrogens is 492 g/mol. The number of primary amides is 2. The van der Waals surface area contributed by atoms with Crippen molar-refractivity contribution in [3.63, 3.8) is 0 Å². The first-order valence-corrected chi connectivity index (χ1v) is 11.0. The molecule has 0 heterocycles. The van der Waals surface area contributed by atoms with Gasteiger partial charge in [-0.25, -0.2) is 4.79 Å². The van der Waals surface area contributed by atoms with Crippen LogP contribution >= 0.6 is 0 Å². The highest BCUT2D eigenvalue weighted by Gasteiger charge is 2.32. The molecule has 11 N–H and O–H groups in total. The van der Waals surface area contributed by atoms with Crippen LogP contribution in [-0.2, 0) is 40.0 Å². The van der Waals surface area contributed by atoms with E-state index in [0.29, 0.717) is 5.56 Å². The highest BCUT2D eigenvalue weighted by molar-refractivity contribution is 5.97. The summed E-state index contributed by atoms with van der Waals surface area (Å²) >= 11 is 0. The van der Waals surface area contributed by atoms with Crippen molar-refractivity contribution in [3.8, 4) is 0 Å². The minimum Gasteiger partial charge on any atom is -0.481 e. The fourth-order valence-electron chi connectivity index (χ4n) is 3.12. The van der Waals surface area contributed by atoms with Crippen molar-refractivity contribution in [2.75, 3.05) is 0 Å². The van der Waals surface area contributed by atoms with Gasteiger partial charge in [-0.2, -0.15) is 0 Å². The fourth-order valence-corrected chi connectivity index (χ4v) is 3.12. The number of rotatable bonds is 16. The van der Waals surface area contributed by atoms with E-state index in [0.717, 1.165) is 0 Å². The van der Waals surface area contributed by atoms with Crippen LogP contribution in [0.15, 0.2) is 30.3 Å². The van der Waals surface area contributed by atoms with E-state index in [4.69, 9.17) is 17.2 Å². The van der Waals surface area contributed by atoms with Crippen LogP contribution in [0.25, 0.3) is 0 Å². The summed E-state index contributed by atoms with van der Waals surface area (Å²) in [7, 11) is 0. The number of nitrogens with two attached hydrogens (primary N) is 3. The first-order valence-electron chi connectivity index (χ1n) is 11.0. The van der Waals surface area contributed by atoms with Crippen LogP contribution in [-0.4, -0.2) is 75.9 Å². The number of carboxylic acids is 2. The van der Waals surface area contributed by atoms with Crippen LogP contribution in [0.2, 0.25) is 0 Å². The van der Waals surface area contributed by atoms with Crippen LogP contribution in [0, 0.1) is 0 Å². The van der Waals surface area contributed by atoms with Crippen molar-refractivity contribution in [2.45, 2.75) is 56.3 Å². The Labute approximate surface area is 211 Å². The van der Waals surface area contributed by atoms with Gasteiger partial charge < -0.3 is 43.4 Å². The number of carbonyl (C=O) groups excluding carboxylic acids is 5. The number of nitrogens with one attached hydrogen (secondary N) is 3. The Morgan fingerprint density at radius 2 is 1.24 bits per heavy atom. The molecule has 37 heavy (non-hydrogen) atoms. The topological polar surface area (TPSA) is 274 Å². The van der Waals surface area contributed by atoms with E-state index in [1.54, 1.807) is 30.3 Å². The largest absolute Gasteiger partial charge is 0.481 e. The maximum atomic E-state index is 12.8. The first-order chi connectivity index (χ1) is 17.3. The molecule has 1 aromatic rings. The summed E-state index contributed by atoms with van der Waals surface area (Å²) in [5.74, 6) is -8.00. The van der Waals surface area contributed by atoms with E-state index in [-0.39, 0.29) is 19.3 Å². The van der Waals surface area contributed by atoms with Gasteiger partial charge in [0.25, 0.3) is 0 Å². The zero-order chi connectivity index (χ0) is 28.1. The number of carboxylic acid groups (broad SMARTS) is 2. The molecule has 4 atom stereocenters. The van der Waals surface area contributed by atoms with Gasteiger partial charge in [0.15, 0.2) is 0 Å². The highest BCUT2D eigenvalue weighted by Crippen LogP contribution is 2.05. The van der Waals surface area contributed by atoms with E-state index in [1.807, 2.05) is 0 Å². The summed E-state index contributed by atoms with van der Waals surface area (Å²) in [6.07, 6.45) is -2.33. The molecule has 0 radical (unpaired) electrons. The maximum Gasteiger partial charge on any atom is 0.326 e. The lowest BCUT2D eigenvalue weighted by atomic mass is 10.0. The summed E-state index contributed by atoms with van der Waals surface area (Å²) in [6, 6.07) is 2.52. The van der Waals surface area contributed by atoms with Crippen LogP contribution in [0.3, 0.4) is 0 Å². The van der Waals surface area contributed by atoms with Crippen LogP contribution < -0.4 is 33.2 Å². The summed E-state index contributed by atoms with van der Waals surface area (Å²) < 4.78 is 0. The van der Waals surface area contributed by atoms with E-state index < -0.39 is 78.5 Å². The highest BCUT2D eigenvalue weighted by atomic mass is 16.4. The second-order valence-electron chi connectivity index (χ2n) is 8.09. The minimum atomic E-state index is -1.72. The second kappa shape index (κ2) is 14.8. The number of hydrogen-bond donors (Lipinski definition) is 8. The Morgan fingerprint density at radius 3 is 1.73 bits per heavy atom. The van der Waals surface area contributed by atoms with Crippen molar-refractivity contribution >= 4 is 41.5 Å². The van der Waals surface area contributed by atoms with Crippen LogP contribution in [0.1, 0.15) is 31.2 Å². The monoisotopic (exact) mass is 522 g/mol. The number of aliphatic carboxylic acids is 2. The molecular formula is C22H30N6O9. The number of carbonyl (C=O) groups is 7. The Morgan fingerprint density at radius 1 is 0.730 bits per heavy atom.